The topological polar surface area (TPSA) is 80.5 Å². The summed E-state index contributed by atoms with van der Waals surface area (Å²) in [5.41, 5.74) is 4.15. The van der Waals surface area contributed by atoms with E-state index in [1.54, 1.807) is 12.1 Å². The minimum absolute atomic E-state index is 0.0296. The zero-order valence-electron chi connectivity index (χ0n) is 19.6. The number of carbonyl (C=O) groups is 1. The Hall–Kier alpha value is -3.85. The fourth-order valence-electron chi connectivity index (χ4n) is 5.50. The highest BCUT2D eigenvalue weighted by atomic mass is 16.3. The maximum atomic E-state index is 12.0. The molecule has 5 rings (SSSR count). The zero-order chi connectivity index (χ0) is 24.0. The lowest BCUT2D eigenvalue weighted by Gasteiger charge is -2.47. The van der Waals surface area contributed by atoms with Gasteiger partial charge in [0.25, 0.3) is 0 Å². The molecule has 0 bridgehead atoms. The number of carbonyl (C=O) groups excluding carboxylic acids is 1. The van der Waals surface area contributed by atoms with Gasteiger partial charge in [-0.05, 0) is 47.7 Å². The predicted octanol–water partition coefficient (Wildman–Crippen LogP) is 4.83. The molecule has 0 radical (unpaired) electrons. The Morgan fingerprint density at radius 2 is 2.00 bits per heavy atom. The second kappa shape index (κ2) is 8.18. The number of fused-ring (bicyclic) bond motifs is 1. The number of benzene rings is 2. The van der Waals surface area contributed by atoms with Crippen LogP contribution in [-0.4, -0.2) is 47.1 Å². The molecule has 1 N–H and O–H groups in total. The third-order valence-corrected chi connectivity index (χ3v) is 7.19. The Labute approximate surface area is 199 Å². The molecule has 2 aliphatic rings. The van der Waals surface area contributed by atoms with E-state index in [4.69, 9.17) is 4.98 Å². The first-order chi connectivity index (χ1) is 16.4. The van der Waals surface area contributed by atoms with Crippen LogP contribution in [0.4, 0.5) is 5.82 Å². The van der Waals surface area contributed by atoms with Gasteiger partial charge in [0.15, 0.2) is 0 Å². The number of phenolic OH excluding ortho intramolecular Hbond substituents is 1. The molecule has 2 aliphatic heterocycles. The molecule has 0 atom stereocenters. The Balaban J connectivity index is 1.64. The van der Waals surface area contributed by atoms with Crippen molar-refractivity contribution in [1.29, 1.82) is 5.26 Å². The van der Waals surface area contributed by atoms with Gasteiger partial charge in [-0.15, -0.1) is 0 Å². The number of aromatic hydroxyl groups is 1. The number of amides is 1. The molecule has 0 aliphatic carbocycles. The van der Waals surface area contributed by atoms with E-state index in [0.717, 1.165) is 47.1 Å². The normalized spacial score (nSPS) is 16.6. The maximum absolute atomic E-state index is 12.0. The van der Waals surface area contributed by atoms with Gasteiger partial charge in [-0.2, -0.15) is 5.26 Å². The number of anilines is 1. The number of pyridine rings is 1. The fourth-order valence-corrected chi connectivity index (χ4v) is 5.50. The molecule has 172 valence electrons. The summed E-state index contributed by atoms with van der Waals surface area (Å²) in [7, 11) is 0. The summed E-state index contributed by atoms with van der Waals surface area (Å²) >= 11 is 0. The summed E-state index contributed by atoms with van der Waals surface area (Å²) in [6.07, 6.45) is 2.32. The molecule has 3 heterocycles. The van der Waals surface area contributed by atoms with E-state index < -0.39 is 0 Å². The van der Waals surface area contributed by atoms with Crippen LogP contribution in [0.25, 0.3) is 22.0 Å². The first kappa shape index (κ1) is 22.0. The predicted molar refractivity (Wildman–Crippen MR) is 134 cm³/mol. The van der Waals surface area contributed by atoms with E-state index in [2.05, 4.69) is 31.4 Å². The van der Waals surface area contributed by atoms with Gasteiger partial charge in [-0.1, -0.05) is 44.7 Å². The van der Waals surface area contributed by atoms with Crippen molar-refractivity contribution in [2.24, 2.45) is 5.41 Å². The Kier molecular flexibility index (Phi) is 5.28. The average Bonchev–Trinajstić information content (AvgIpc) is 3.27. The number of hydrogen-bond acceptors (Lipinski definition) is 5. The first-order valence-electron chi connectivity index (χ1n) is 11.7. The summed E-state index contributed by atoms with van der Waals surface area (Å²) < 4.78 is 0. The molecule has 0 saturated carbocycles. The van der Waals surface area contributed by atoms with E-state index in [-0.39, 0.29) is 23.0 Å². The molecule has 1 amide bonds. The zero-order valence-corrected chi connectivity index (χ0v) is 19.6. The number of para-hydroxylation sites is 1. The quantitative estimate of drug-likeness (QED) is 0.574. The fraction of sp³-hybridized carbons (Fsp3) is 0.321. The molecular formula is C28H28N4O2. The van der Waals surface area contributed by atoms with Crippen molar-refractivity contribution >= 4 is 22.6 Å². The van der Waals surface area contributed by atoms with Crippen LogP contribution in [0.15, 0.2) is 55.1 Å². The lowest BCUT2D eigenvalue weighted by molar-refractivity contribution is -0.136. The van der Waals surface area contributed by atoms with Crippen molar-refractivity contribution in [2.75, 3.05) is 31.1 Å². The first-order valence-corrected chi connectivity index (χ1v) is 11.7. The molecular weight excluding hydrogens is 424 g/mol. The van der Waals surface area contributed by atoms with Crippen molar-refractivity contribution in [3.05, 3.63) is 66.2 Å². The van der Waals surface area contributed by atoms with Crippen LogP contribution in [0.5, 0.6) is 5.75 Å². The summed E-state index contributed by atoms with van der Waals surface area (Å²) in [5, 5.41) is 21.6. The lowest BCUT2D eigenvalue weighted by Crippen LogP contribution is -2.59. The van der Waals surface area contributed by atoms with Crippen molar-refractivity contribution in [1.82, 2.24) is 9.88 Å². The summed E-state index contributed by atoms with van der Waals surface area (Å²) in [5.74, 6) is 1.04. The molecule has 6 heteroatoms. The van der Waals surface area contributed by atoms with Gasteiger partial charge in [-0.25, -0.2) is 4.98 Å². The van der Waals surface area contributed by atoms with Gasteiger partial charge < -0.3 is 14.9 Å². The molecule has 2 aromatic carbocycles. The van der Waals surface area contributed by atoms with Crippen LogP contribution in [0.3, 0.4) is 0 Å². The third kappa shape index (κ3) is 3.49. The van der Waals surface area contributed by atoms with Gasteiger partial charge in [0.1, 0.15) is 23.2 Å². The molecule has 6 nitrogen and oxygen atoms in total. The number of nitrogens with zero attached hydrogens (tertiary/aromatic N) is 4. The van der Waals surface area contributed by atoms with Gasteiger partial charge in [0.2, 0.25) is 5.91 Å². The minimum atomic E-state index is -0.0296. The van der Waals surface area contributed by atoms with Crippen LogP contribution >= 0.6 is 0 Å². The van der Waals surface area contributed by atoms with E-state index in [1.165, 1.54) is 6.08 Å². The van der Waals surface area contributed by atoms with Gasteiger partial charge in [0.05, 0.1) is 5.52 Å². The number of nitriles is 1. The smallest absolute Gasteiger partial charge is 0.245 e. The molecule has 0 unspecified atom stereocenters. The van der Waals surface area contributed by atoms with Crippen LogP contribution in [-0.2, 0) is 4.79 Å². The van der Waals surface area contributed by atoms with Crippen LogP contribution in [0.1, 0.15) is 37.3 Å². The summed E-state index contributed by atoms with van der Waals surface area (Å²) in [4.78, 5) is 20.9. The van der Waals surface area contributed by atoms with Crippen molar-refractivity contribution in [3.63, 3.8) is 0 Å². The van der Waals surface area contributed by atoms with Crippen molar-refractivity contribution in [3.8, 4) is 22.9 Å². The standard InChI is InChI=1S/C28H28N4O2/c1-4-25(34)32-16-28(17-32)11-12-31(15-28)27-23(14-29)26(21-7-5-6-8-24(21)30-27)22-13-19(33)9-10-20(22)18(2)3/h4-10,13,18,33H,1,11-12,15-17H2,2-3H3. The maximum Gasteiger partial charge on any atom is 0.245 e. The number of phenols is 1. The SMILES string of the molecule is C=CC(=O)N1CC2(CCN(c3nc4ccccc4c(-c4cc(O)ccc4C(C)C)c3C#N)C2)C1. The number of likely N-dealkylation sites (tertiary alicyclic amines) is 1. The lowest BCUT2D eigenvalue weighted by atomic mass is 9.79. The molecule has 2 saturated heterocycles. The Morgan fingerprint density at radius 1 is 1.24 bits per heavy atom. The van der Waals surface area contributed by atoms with Gasteiger partial charge in [0, 0.05) is 42.5 Å². The number of hydrogen-bond donors (Lipinski definition) is 1. The highest BCUT2D eigenvalue weighted by Gasteiger charge is 2.49. The monoisotopic (exact) mass is 452 g/mol. The van der Waals surface area contributed by atoms with Gasteiger partial charge >= 0.3 is 0 Å². The Morgan fingerprint density at radius 3 is 2.71 bits per heavy atom. The number of rotatable bonds is 4. The second-order valence-electron chi connectivity index (χ2n) is 9.81. The van der Waals surface area contributed by atoms with E-state index in [9.17, 15) is 15.2 Å². The second-order valence-corrected chi connectivity index (χ2v) is 9.81. The van der Waals surface area contributed by atoms with Crippen molar-refractivity contribution in [2.45, 2.75) is 26.2 Å². The number of aromatic nitrogens is 1. The highest BCUT2D eigenvalue weighted by Crippen LogP contribution is 2.45. The molecule has 1 spiro atoms. The molecule has 3 aromatic rings. The minimum Gasteiger partial charge on any atom is -0.508 e. The van der Waals surface area contributed by atoms with Crippen molar-refractivity contribution < 1.29 is 9.90 Å². The van der Waals surface area contributed by atoms with Crippen LogP contribution in [0, 0.1) is 16.7 Å². The van der Waals surface area contributed by atoms with E-state index in [0.29, 0.717) is 24.5 Å². The molecule has 2 fully saturated rings. The summed E-state index contributed by atoms with van der Waals surface area (Å²) in [6, 6.07) is 15.7. The van der Waals surface area contributed by atoms with E-state index >= 15 is 0 Å². The van der Waals surface area contributed by atoms with Crippen LogP contribution < -0.4 is 4.90 Å². The summed E-state index contributed by atoms with van der Waals surface area (Å²) in [6.45, 7) is 10.8. The molecule has 34 heavy (non-hydrogen) atoms. The van der Waals surface area contributed by atoms with Gasteiger partial charge in [-0.3, -0.25) is 4.79 Å². The molecule has 1 aromatic heterocycles. The largest absolute Gasteiger partial charge is 0.508 e. The highest BCUT2D eigenvalue weighted by molar-refractivity contribution is 6.01. The Bertz CT molecular complexity index is 1350. The third-order valence-electron chi connectivity index (χ3n) is 7.19. The average molecular weight is 453 g/mol. The van der Waals surface area contributed by atoms with E-state index in [1.807, 2.05) is 35.2 Å². The van der Waals surface area contributed by atoms with Crippen LogP contribution in [0.2, 0.25) is 0 Å².